The number of rotatable bonds is 5. The molecule has 2 fully saturated rings. The molecule has 2 saturated heterocycles. The van der Waals surface area contributed by atoms with Gasteiger partial charge in [0.15, 0.2) is 0 Å². The smallest absolute Gasteiger partial charge is 0.325 e. The van der Waals surface area contributed by atoms with Crippen LogP contribution >= 0.6 is 0 Å². The van der Waals surface area contributed by atoms with Crippen LogP contribution in [0.5, 0.6) is 0 Å². The summed E-state index contributed by atoms with van der Waals surface area (Å²) in [5, 5.41) is 2.68. The molecule has 0 aliphatic carbocycles. The fraction of sp³-hybridized carbons (Fsp3) is 0.318. The van der Waals surface area contributed by atoms with Gasteiger partial charge in [-0.25, -0.2) is 13.2 Å². The minimum Gasteiger partial charge on any atom is -0.338 e. The van der Waals surface area contributed by atoms with Crippen molar-refractivity contribution in [1.82, 2.24) is 19.4 Å². The van der Waals surface area contributed by atoms with Crippen molar-refractivity contribution in [3.63, 3.8) is 0 Å². The lowest BCUT2D eigenvalue weighted by Gasteiger charge is -2.34. The van der Waals surface area contributed by atoms with Crippen LogP contribution in [0.25, 0.3) is 0 Å². The highest BCUT2D eigenvalue weighted by Crippen LogP contribution is 2.28. The van der Waals surface area contributed by atoms with Crippen LogP contribution in [-0.4, -0.2) is 73.1 Å². The van der Waals surface area contributed by atoms with Crippen LogP contribution in [0.1, 0.15) is 12.5 Å². The van der Waals surface area contributed by atoms with E-state index in [9.17, 15) is 22.8 Å². The zero-order chi connectivity index (χ0) is 22.9. The molecule has 4 amide bonds. The minimum atomic E-state index is -3.63. The van der Waals surface area contributed by atoms with Gasteiger partial charge in [0.1, 0.15) is 12.1 Å². The molecule has 0 spiro atoms. The molecule has 2 aromatic rings. The molecule has 1 unspecified atom stereocenters. The first-order chi connectivity index (χ1) is 15.2. The van der Waals surface area contributed by atoms with Gasteiger partial charge < -0.3 is 10.2 Å². The highest BCUT2D eigenvalue weighted by atomic mass is 32.2. The normalized spacial score (nSPS) is 22.2. The van der Waals surface area contributed by atoms with E-state index >= 15 is 0 Å². The van der Waals surface area contributed by atoms with E-state index in [1.807, 2.05) is 6.07 Å². The summed E-state index contributed by atoms with van der Waals surface area (Å²) in [4.78, 5) is 40.9. The number of hydrogen-bond donors (Lipinski definition) is 1. The summed E-state index contributed by atoms with van der Waals surface area (Å²) < 4.78 is 26.8. The molecular formula is C22H24N4O5S. The Morgan fingerprint density at radius 2 is 1.50 bits per heavy atom. The van der Waals surface area contributed by atoms with Gasteiger partial charge in [0, 0.05) is 26.2 Å². The first kappa shape index (κ1) is 22.0. The van der Waals surface area contributed by atoms with E-state index in [1.54, 1.807) is 49.4 Å². The Kier molecular flexibility index (Phi) is 5.74. The third kappa shape index (κ3) is 3.87. The van der Waals surface area contributed by atoms with Crippen LogP contribution in [0.4, 0.5) is 4.79 Å². The lowest BCUT2D eigenvalue weighted by Crippen LogP contribution is -2.53. The molecule has 2 heterocycles. The van der Waals surface area contributed by atoms with Gasteiger partial charge in [0.05, 0.1) is 4.90 Å². The summed E-state index contributed by atoms with van der Waals surface area (Å²) >= 11 is 0. The number of sulfonamides is 1. The van der Waals surface area contributed by atoms with Gasteiger partial charge >= 0.3 is 6.03 Å². The largest absolute Gasteiger partial charge is 0.338 e. The van der Waals surface area contributed by atoms with Crippen molar-refractivity contribution in [2.45, 2.75) is 17.4 Å². The minimum absolute atomic E-state index is 0.144. The number of urea groups is 1. The summed E-state index contributed by atoms with van der Waals surface area (Å²) in [5.41, 5.74) is -0.603. The highest BCUT2D eigenvalue weighted by molar-refractivity contribution is 7.89. The molecule has 10 heteroatoms. The molecule has 0 bridgehead atoms. The maximum absolute atomic E-state index is 13.0. The molecule has 32 heavy (non-hydrogen) atoms. The molecular weight excluding hydrogens is 432 g/mol. The Labute approximate surface area is 186 Å². The second kappa shape index (κ2) is 8.36. The number of hydrogen-bond acceptors (Lipinski definition) is 5. The molecule has 9 nitrogen and oxygen atoms in total. The molecule has 2 aliphatic heterocycles. The van der Waals surface area contributed by atoms with Crippen molar-refractivity contribution in [3.8, 4) is 0 Å². The predicted molar refractivity (Wildman–Crippen MR) is 116 cm³/mol. The average molecular weight is 457 g/mol. The van der Waals surface area contributed by atoms with Crippen LogP contribution < -0.4 is 5.32 Å². The zero-order valence-electron chi connectivity index (χ0n) is 17.6. The van der Waals surface area contributed by atoms with E-state index in [-0.39, 0.29) is 31.1 Å². The number of imide groups is 1. The van der Waals surface area contributed by atoms with Crippen molar-refractivity contribution >= 4 is 27.9 Å². The van der Waals surface area contributed by atoms with Gasteiger partial charge in [-0.1, -0.05) is 48.5 Å². The van der Waals surface area contributed by atoms with E-state index in [0.717, 1.165) is 4.90 Å². The molecule has 168 valence electrons. The first-order valence-electron chi connectivity index (χ1n) is 10.3. The lowest BCUT2D eigenvalue weighted by molar-refractivity contribution is -0.139. The van der Waals surface area contributed by atoms with Crippen LogP contribution in [0, 0.1) is 0 Å². The molecule has 1 atom stereocenters. The molecule has 0 aromatic heterocycles. The lowest BCUT2D eigenvalue weighted by atomic mass is 9.92. The molecule has 1 N–H and O–H groups in total. The number of amides is 4. The van der Waals surface area contributed by atoms with Gasteiger partial charge in [0.25, 0.3) is 5.91 Å². The van der Waals surface area contributed by atoms with E-state index < -0.39 is 40.0 Å². The van der Waals surface area contributed by atoms with Crippen molar-refractivity contribution in [3.05, 3.63) is 66.2 Å². The first-order valence-corrected chi connectivity index (χ1v) is 11.7. The Morgan fingerprint density at radius 3 is 2.09 bits per heavy atom. The third-order valence-electron chi connectivity index (χ3n) is 5.89. The van der Waals surface area contributed by atoms with Crippen molar-refractivity contribution in [2.75, 3.05) is 32.7 Å². The summed E-state index contributed by atoms with van der Waals surface area (Å²) in [6.45, 7) is 1.88. The zero-order valence-corrected chi connectivity index (χ0v) is 18.4. The maximum atomic E-state index is 13.0. The summed E-state index contributed by atoms with van der Waals surface area (Å²) in [7, 11) is -3.63. The standard InChI is InChI=1S/C22H24N4O5S/c1-22(17-8-4-2-5-9-17)20(28)26(21(29)23-22)16-19(27)24-12-14-25(15-13-24)32(30,31)18-10-6-3-7-11-18/h2-11H,12-16H2,1H3,(H,23,29). The second-order valence-electron chi connectivity index (χ2n) is 7.91. The summed E-state index contributed by atoms with van der Waals surface area (Å²) in [6, 6.07) is 16.4. The fourth-order valence-corrected chi connectivity index (χ4v) is 5.41. The van der Waals surface area contributed by atoms with E-state index in [2.05, 4.69) is 5.32 Å². The quantitative estimate of drug-likeness (QED) is 0.675. The van der Waals surface area contributed by atoms with Gasteiger partial charge in [-0.05, 0) is 24.6 Å². The Bertz CT molecular complexity index is 1130. The maximum Gasteiger partial charge on any atom is 0.325 e. The van der Waals surface area contributed by atoms with Gasteiger partial charge in [-0.3, -0.25) is 14.5 Å². The van der Waals surface area contributed by atoms with Crippen LogP contribution in [0.15, 0.2) is 65.6 Å². The Balaban J connectivity index is 1.39. The van der Waals surface area contributed by atoms with Crippen molar-refractivity contribution in [1.29, 1.82) is 0 Å². The molecule has 4 rings (SSSR count). The number of carbonyl (C=O) groups excluding carboxylic acids is 3. The number of piperazine rings is 1. The molecule has 0 saturated carbocycles. The van der Waals surface area contributed by atoms with Gasteiger partial charge in [0.2, 0.25) is 15.9 Å². The SMILES string of the molecule is CC1(c2ccccc2)NC(=O)N(CC(=O)N2CCN(S(=O)(=O)c3ccccc3)CC2)C1=O. The third-order valence-corrected chi connectivity index (χ3v) is 7.80. The molecule has 2 aromatic carbocycles. The van der Waals surface area contributed by atoms with E-state index in [1.165, 1.54) is 21.3 Å². The van der Waals surface area contributed by atoms with Gasteiger partial charge in [-0.2, -0.15) is 4.31 Å². The predicted octanol–water partition coefficient (Wildman–Crippen LogP) is 0.987. The highest BCUT2D eigenvalue weighted by Gasteiger charge is 2.49. The summed E-state index contributed by atoms with van der Waals surface area (Å²) in [5.74, 6) is -0.894. The number of carbonyl (C=O) groups is 3. The van der Waals surface area contributed by atoms with Crippen LogP contribution in [0.3, 0.4) is 0 Å². The number of nitrogens with one attached hydrogen (secondary N) is 1. The molecule has 0 radical (unpaired) electrons. The molecule has 2 aliphatic rings. The van der Waals surface area contributed by atoms with Crippen LogP contribution in [-0.2, 0) is 25.2 Å². The fourth-order valence-electron chi connectivity index (χ4n) is 3.96. The monoisotopic (exact) mass is 456 g/mol. The Morgan fingerprint density at radius 1 is 0.938 bits per heavy atom. The summed E-state index contributed by atoms with van der Waals surface area (Å²) in [6.07, 6.45) is 0. The number of nitrogens with zero attached hydrogens (tertiary/aromatic N) is 3. The Hall–Kier alpha value is -3.24. The van der Waals surface area contributed by atoms with Crippen molar-refractivity contribution < 1.29 is 22.8 Å². The van der Waals surface area contributed by atoms with E-state index in [4.69, 9.17) is 0 Å². The number of benzene rings is 2. The van der Waals surface area contributed by atoms with E-state index in [0.29, 0.717) is 5.56 Å². The topological polar surface area (TPSA) is 107 Å². The van der Waals surface area contributed by atoms with Crippen molar-refractivity contribution in [2.24, 2.45) is 0 Å². The average Bonchev–Trinajstić information content (AvgIpc) is 3.04. The second-order valence-corrected chi connectivity index (χ2v) is 9.85. The van der Waals surface area contributed by atoms with Crippen LogP contribution in [0.2, 0.25) is 0 Å². The van der Waals surface area contributed by atoms with Gasteiger partial charge in [-0.15, -0.1) is 0 Å².